The van der Waals surface area contributed by atoms with Crippen LogP contribution in [0.4, 0.5) is 0 Å². The fraction of sp³-hybridized carbons (Fsp3) is 0.545. The Kier molecular flexibility index (Phi) is 3.98. The van der Waals surface area contributed by atoms with Crippen molar-refractivity contribution in [3.63, 3.8) is 0 Å². The van der Waals surface area contributed by atoms with E-state index in [-0.39, 0.29) is 33.9 Å². The molecule has 0 aliphatic carbocycles. The number of fused-ring (bicyclic) bond motifs is 1. The Labute approximate surface area is 125 Å². The predicted molar refractivity (Wildman–Crippen MR) is 78.5 cm³/mol. The van der Waals surface area contributed by atoms with Gasteiger partial charge in [0.2, 0.25) is 15.0 Å². The van der Waals surface area contributed by atoms with Gasteiger partial charge in [-0.2, -0.15) is 4.98 Å². The van der Waals surface area contributed by atoms with Gasteiger partial charge in [0.05, 0.1) is 5.75 Å². The first kappa shape index (κ1) is 15.8. The first-order valence-electron chi connectivity index (χ1n) is 6.13. The largest absolute Gasteiger partial charge is 0.332 e. The normalized spacial score (nSPS) is 13.7. The van der Waals surface area contributed by atoms with Gasteiger partial charge in [0, 0.05) is 20.0 Å². The van der Waals surface area contributed by atoms with E-state index in [2.05, 4.69) is 9.97 Å². The number of aromatic amines is 1. The Balaban J connectivity index is 2.70. The number of rotatable bonds is 4. The zero-order valence-electron chi connectivity index (χ0n) is 11.8. The van der Waals surface area contributed by atoms with E-state index in [0.717, 1.165) is 9.13 Å². The van der Waals surface area contributed by atoms with Crippen molar-refractivity contribution in [1.29, 1.82) is 0 Å². The van der Waals surface area contributed by atoms with Crippen molar-refractivity contribution in [1.82, 2.24) is 19.1 Å². The summed E-state index contributed by atoms with van der Waals surface area (Å²) in [4.78, 5) is 30.2. The smallest absolute Gasteiger partial charge is 0.323 e. The zero-order chi connectivity index (χ0) is 15.9. The molecule has 10 heteroatoms. The molecular weight excluding hydrogens is 320 g/mol. The number of hydrogen-bond acceptors (Lipinski definition) is 5. The molecular formula is C11H15ClN4O4S. The van der Waals surface area contributed by atoms with E-state index in [0.29, 0.717) is 0 Å². The summed E-state index contributed by atoms with van der Waals surface area (Å²) in [6, 6.07) is 0. The Morgan fingerprint density at radius 3 is 2.48 bits per heavy atom. The zero-order valence-corrected chi connectivity index (χ0v) is 13.3. The predicted octanol–water partition coefficient (Wildman–Crippen LogP) is -0.391. The topological polar surface area (TPSA) is 107 Å². The molecule has 2 rings (SSSR count). The van der Waals surface area contributed by atoms with E-state index in [1.165, 1.54) is 14.1 Å². The van der Waals surface area contributed by atoms with Crippen LogP contribution in [0.15, 0.2) is 14.7 Å². The highest BCUT2D eigenvalue weighted by Crippen LogP contribution is 2.14. The molecule has 0 radical (unpaired) electrons. The van der Waals surface area contributed by atoms with Crippen LogP contribution in [0.5, 0.6) is 0 Å². The molecule has 0 amide bonds. The minimum Gasteiger partial charge on any atom is -0.323 e. The fourth-order valence-electron chi connectivity index (χ4n) is 1.95. The van der Waals surface area contributed by atoms with Crippen LogP contribution in [0.2, 0.25) is 0 Å². The highest BCUT2D eigenvalue weighted by molar-refractivity contribution is 7.91. The number of nitrogens with zero attached hydrogens (tertiary/aromatic N) is 3. The number of aromatic nitrogens is 4. The molecule has 1 N–H and O–H groups in total. The average Bonchev–Trinajstić information content (AvgIpc) is 2.88. The lowest BCUT2D eigenvalue weighted by Crippen LogP contribution is -2.36. The van der Waals surface area contributed by atoms with Crippen molar-refractivity contribution >= 4 is 32.6 Å². The van der Waals surface area contributed by atoms with Gasteiger partial charge < -0.3 is 4.98 Å². The average molecular weight is 335 g/mol. The highest BCUT2D eigenvalue weighted by Gasteiger charge is 2.24. The lowest BCUT2D eigenvalue weighted by molar-refractivity contribution is 0.576. The van der Waals surface area contributed by atoms with Gasteiger partial charge in [-0.15, -0.1) is 11.6 Å². The van der Waals surface area contributed by atoms with Gasteiger partial charge in [0.1, 0.15) is 0 Å². The molecule has 21 heavy (non-hydrogen) atoms. The number of H-pyrrole nitrogens is 1. The summed E-state index contributed by atoms with van der Waals surface area (Å²) >= 11 is 5.62. The van der Waals surface area contributed by atoms with E-state index in [1.54, 1.807) is 6.92 Å². The summed E-state index contributed by atoms with van der Waals surface area (Å²) in [5.74, 6) is -0.249. The van der Waals surface area contributed by atoms with E-state index in [1.807, 2.05) is 0 Å². The number of alkyl halides is 1. The third-order valence-electron chi connectivity index (χ3n) is 3.13. The summed E-state index contributed by atoms with van der Waals surface area (Å²) in [5, 5.41) is -0.326. The SMILES string of the molecule is CC(CCl)CS(=O)(=O)c1nc2c([nH]1)c(=O)n(C)c(=O)n2C. The second kappa shape index (κ2) is 5.30. The molecule has 1 unspecified atom stereocenters. The Morgan fingerprint density at radius 2 is 1.90 bits per heavy atom. The van der Waals surface area contributed by atoms with Crippen LogP contribution in [0.25, 0.3) is 11.2 Å². The molecule has 2 heterocycles. The fourth-order valence-corrected chi connectivity index (χ4v) is 3.70. The summed E-state index contributed by atoms with van der Waals surface area (Å²) in [7, 11) is -0.974. The molecule has 0 aliphatic rings. The standard InChI is InChI=1S/C11H15ClN4O4S/c1-6(4-12)5-21(19,20)10-13-7-8(14-10)15(2)11(18)16(3)9(7)17/h6H,4-5H2,1-3H3,(H,13,14). The number of sulfone groups is 1. The van der Waals surface area contributed by atoms with Gasteiger partial charge in [-0.25, -0.2) is 13.2 Å². The molecule has 0 saturated heterocycles. The van der Waals surface area contributed by atoms with E-state index >= 15 is 0 Å². The molecule has 0 saturated carbocycles. The second-order valence-corrected chi connectivity index (χ2v) is 7.25. The molecule has 0 bridgehead atoms. The molecule has 2 aromatic heterocycles. The maximum atomic E-state index is 12.2. The molecule has 0 aromatic carbocycles. The van der Waals surface area contributed by atoms with Crippen molar-refractivity contribution in [2.75, 3.05) is 11.6 Å². The van der Waals surface area contributed by atoms with Gasteiger partial charge in [-0.05, 0) is 5.92 Å². The van der Waals surface area contributed by atoms with Crippen molar-refractivity contribution < 1.29 is 8.42 Å². The van der Waals surface area contributed by atoms with Crippen molar-refractivity contribution in [2.45, 2.75) is 12.1 Å². The second-order valence-electron chi connectivity index (χ2n) is 4.99. The minimum atomic E-state index is -3.71. The Bertz CT molecular complexity index is 909. The van der Waals surface area contributed by atoms with Crippen LogP contribution in [-0.2, 0) is 23.9 Å². The van der Waals surface area contributed by atoms with E-state index in [4.69, 9.17) is 11.6 Å². The summed E-state index contributed by atoms with van der Waals surface area (Å²) in [6.07, 6.45) is 0. The van der Waals surface area contributed by atoms with Crippen molar-refractivity contribution in [3.05, 3.63) is 20.8 Å². The summed E-state index contributed by atoms with van der Waals surface area (Å²) < 4.78 is 26.4. The number of aryl methyl sites for hydroxylation is 1. The van der Waals surface area contributed by atoms with Crippen LogP contribution in [-0.4, -0.2) is 39.2 Å². The third kappa shape index (κ3) is 2.62. The molecule has 2 aromatic rings. The van der Waals surface area contributed by atoms with Gasteiger partial charge in [-0.1, -0.05) is 6.92 Å². The molecule has 0 aliphatic heterocycles. The molecule has 0 fully saturated rings. The van der Waals surface area contributed by atoms with E-state index in [9.17, 15) is 18.0 Å². The van der Waals surface area contributed by atoms with Crippen LogP contribution in [0.1, 0.15) is 6.92 Å². The van der Waals surface area contributed by atoms with Crippen molar-refractivity contribution in [2.24, 2.45) is 20.0 Å². The molecule has 116 valence electrons. The van der Waals surface area contributed by atoms with E-state index < -0.39 is 21.1 Å². The Morgan fingerprint density at radius 1 is 1.29 bits per heavy atom. The number of halogens is 1. The maximum absolute atomic E-state index is 12.2. The van der Waals surface area contributed by atoms with Crippen LogP contribution in [0, 0.1) is 5.92 Å². The van der Waals surface area contributed by atoms with Crippen LogP contribution in [0.3, 0.4) is 0 Å². The van der Waals surface area contributed by atoms with Gasteiger partial charge in [-0.3, -0.25) is 13.9 Å². The number of nitrogens with one attached hydrogen (secondary N) is 1. The first-order valence-corrected chi connectivity index (χ1v) is 8.32. The number of imidazole rings is 1. The lowest BCUT2D eigenvalue weighted by atomic mass is 10.3. The number of hydrogen-bond donors (Lipinski definition) is 1. The van der Waals surface area contributed by atoms with Crippen LogP contribution >= 0.6 is 11.6 Å². The van der Waals surface area contributed by atoms with Gasteiger partial charge in [0.25, 0.3) is 5.56 Å². The first-order chi connectivity index (χ1) is 9.69. The summed E-state index contributed by atoms with van der Waals surface area (Å²) in [6.45, 7) is 1.70. The maximum Gasteiger partial charge on any atom is 0.332 e. The van der Waals surface area contributed by atoms with Crippen molar-refractivity contribution in [3.8, 4) is 0 Å². The lowest BCUT2D eigenvalue weighted by Gasteiger charge is -2.05. The van der Waals surface area contributed by atoms with Gasteiger partial charge in [0.15, 0.2) is 11.2 Å². The highest BCUT2D eigenvalue weighted by atomic mass is 35.5. The van der Waals surface area contributed by atoms with Gasteiger partial charge >= 0.3 is 5.69 Å². The Hall–Kier alpha value is -1.61. The third-order valence-corrected chi connectivity index (χ3v) is 5.45. The summed E-state index contributed by atoms with van der Waals surface area (Å²) in [5.41, 5.74) is -1.19. The minimum absolute atomic E-state index is 0.0141. The quantitative estimate of drug-likeness (QED) is 0.766. The molecule has 0 spiro atoms. The molecule has 8 nitrogen and oxygen atoms in total. The monoisotopic (exact) mass is 334 g/mol. The van der Waals surface area contributed by atoms with Crippen LogP contribution < -0.4 is 11.2 Å². The molecule has 1 atom stereocenters.